The van der Waals surface area contributed by atoms with E-state index in [-0.39, 0.29) is 17.7 Å². The molecule has 1 aliphatic rings. The molecular formula is C18H24O4. The molecule has 4 heteroatoms. The maximum Gasteiger partial charge on any atom is 0.330 e. The topological polar surface area (TPSA) is 48.1 Å². The average molecular weight is 304 g/mol. The standard InChI is InChI=1S/C18H24O4/c1-3-18(12-10-17(19)21-4-2)16(22-18)11-13-20-14-15-8-6-5-7-9-15/h5-10,12,16H,3-4,11,13-14H2,1-2H3/b12-10+/t16-,18-/m1/s1. The van der Waals surface area contributed by atoms with Crippen molar-refractivity contribution >= 4 is 5.97 Å². The van der Waals surface area contributed by atoms with E-state index < -0.39 is 0 Å². The Labute approximate surface area is 132 Å². The number of ether oxygens (including phenoxy) is 3. The second kappa shape index (κ2) is 8.11. The van der Waals surface area contributed by atoms with E-state index in [2.05, 4.69) is 6.92 Å². The van der Waals surface area contributed by atoms with Gasteiger partial charge in [-0.1, -0.05) is 37.3 Å². The van der Waals surface area contributed by atoms with Gasteiger partial charge in [0.2, 0.25) is 0 Å². The maximum absolute atomic E-state index is 11.4. The van der Waals surface area contributed by atoms with Gasteiger partial charge in [-0.05, 0) is 25.0 Å². The van der Waals surface area contributed by atoms with E-state index in [1.165, 1.54) is 11.6 Å². The normalized spacial score (nSPS) is 23.6. The van der Waals surface area contributed by atoms with Gasteiger partial charge in [-0.25, -0.2) is 4.79 Å². The molecule has 1 fully saturated rings. The second-order valence-corrected chi connectivity index (χ2v) is 5.33. The minimum absolute atomic E-state index is 0.124. The number of epoxide rings is 1. The third-order valence-corrected chi connectivity index (χ3v) is 3.83. The molecule has 1 saturated heterocycles. The van der Waals surface area contributed by atoms with Crippen LogP contribution in [0.25, 0.3) is 0 Å². The van der Waals surface area contributed by atoms with Crippen molar-refractivity contribution < 1.29 is 19.0 Å². The predicted octanol–water partition coefficient (Wildman–Crippen LogP) is 3.26. The van der Waals surface area contributed by atoms with Crippen molar-refractivity contribution in [3.05, 3.63) is 48.0 Å². The van der Waals surface area contributed by atoms with E-state index in [0.717, 1.165) is 12.8 Å². The van der Waals surface area contributed by atoms with Crippen LogP contribution in [0.2, 0.25) is 0 Å². The Morgan fingerprint density at radius 3 is 2.77 bits per heavy atom. The Hall–Kier alpha value is -1.65. The molecule has 0 saturated carbocycles. The summed E-state index contributed by atoms with van der Waals surface area (Å²) in [6.07, 6.45) is 5.09. The lowest BCUT2D eigenvalue weighted by atomic mass is 10.00. The number of esters is 1. The van der Waals surface area contributed by atoms with E-state index in [9.17, 15) is 4.79 Å². The number of benzene rings is 1. The first-order valence-corrected chi connectivity index (χ1v) is 7.85. The summed E-state index contributed by atoms with van der Waals surface area (Å²) in [5.74, 6) is -0.315. The Morgan fingerprint density at radius 1 is 1.32 bits per heavy atom. The highest BCUT2D eigenvalue weighted by molar-refractivity contribution is 5.82. The molecule has 0 spiro atoms. The molecule has 22 heavy (non-hydrogen) atoms. The van der Waals surface area contributed by atoms with Crippen LogP contribution in [-0.2, 0) is 25.6 Å². The third kappa shape index (κ3) is 4.68. The highest BCUT2D eigenvalue weighted by atomic mass is 16.6. The van der Waals surface area contributed by atoms with E-state index in [1.54, 1.807) is 6.92 Å². The summed E-state index contributed by atoms with van der Waals surface area (Å²) in [7, 11) is 0. The fourth-order valence-electron chi connectivity index (χ4n) is 2.46. The summed E-state index contributed by atoms with van der Waals surface area (Å²) < 4.78 is 16.3. The van der Waals surface area contributed by atoms with Crippen LogP contribution in [0.15, 0.2) is 42.5 Å². The second-order valence-electron chi connectivity index (χ2n) is 5.33. The fraction of sp³-hybridized carbons (Fsp3) is 0.500. The van der Waals surface area contributed by atoms with E-state index in [4.69, 9.17) is 14.2 Å². The zero-order valence-electron chi connectivity index (χ0n) is 13.3. The van der Waals surface area contributed by atoms with Crippen molar-refractivity contribution in [1.29, 1.82) is 0 Å². The number of hydrogen-bond acceptors (Lipinski definition) is 4. The van der Waals surface area contributed by atoms with Crippen molar-refractivity contribution in [3.63, 3.8) is 0 Å². The third-order valence-electron chi connectivity index (χ3n) is 3.83. The molecule has 120 valence electrons. The fourth-order valence-corrected chi connectivity index (χ4v) is 2.46. The number of carbonyl (C=O) groups excluding carboxylic acids is 1. The molecule has 0 aromatic heterocycles. The minimum Gasteiger partial charge on any atom is -0.463 e. The molecule has 0 unspecified atom stereocenters. The first kappa shape index (κ1) is 16.7. The molecule has 1 aromatic rings. The molecule has 4 nitrogen and oxygen atoms in total. The smallest absolute Gasteiger partial charge is 0.330 e. The average Bonchev–Trinajstić information content (AvgIpc) is 3.25. The molecule has 1 heterocycles. The highest BCUT2D eigenvalue weighted by Crippen LogP contribution is 2.43. The van der Waals surface area contributed by atoms with Gasteiger partial charge in [-0.2, -0.15) is 0 Å². The number of hydrogen-bond donors (Lipinski definition) is 0. The monoisotopic (exact) mass is 304 g/mol. The van der Waals surface area contributed by atoms with E-state index >= 15 is 0 Å². The zero-order valence-corrected chi connectivity index (χ0v) is 13.3. The van der Waals surface area contributed by atoms with Gasteiger partial charge in [0.1, 0.15) is 5.60 Å². The first-order chi connectivity index (χ1) is 10.7. The van der Waals surface area contributed by atoms with E-state index in [1.807, 2.05) is 36.4 Å². The Balaban J connectivity index is 1.70. The van der Waals surface area contributed by atoms with Gasteiger partial charge in [0.15, 0.2) is 0 Å². The van der Waals surface area contributed by atoms with Crippen LogP contribution < -0.4 is 0 Å². The lowest BCUT2D eigenvalue weighted by Gasteiger charge is -2.05. The molecule has 0 bridgehead atoms. The summed E-state index contributed by atoms with van der Waals surface area (Å²) in [5, 5.41) is 0. The summed E-state index contributed by atoms with van der Waals surface area (Å²) in [5.41, 5.74) is 0.853. The summed E-state index contributed by atoms with van der Waals surface area (Å²) >= 11 is 0. The maximum atomic E-state index is 11.4. The van der Waals surface area contributed by atoms with Gasteiger partial charge in [-0.3, -0.25) is 0 Å². The van der Waals surface area contributed by atoms with Crippen LogP contribution in [0.5, 0.6) is 0 Å². The van der Waals surface area contributed by atoms with Crippen LogP contribution >= 0.6 is 0 Å². The zero-order chi connectivity index (χ0) is 15.8. The van der Waals surface area contributed by atoms with Gasteiger partial charge in [-0.15, -0.1) is 0 Å². The van der Waals surface area contributed by atoms with Crippen molar-refractivity contribution in [2.24, 2.45) is 0 Å². The summed E-state index contributed by atoms with van der Waals surface area (Å²) in [4.78, 5) is 11.4. The molecular weight excluding hydrogens is 280 g/mol. The minimum atomic E-state index is -0.317. The van der Waals surface area contributed by atoms with E-state index in [0.29, 0.717) is 19.8 Å². The molecule has 0 amide bonds. The molecule has 0 N–H and O–H groups in total. The van der Waals surface area contributed by atoms with Gasteiger partial charge >= 0.3 is 5.97 Å². The lowest BCUT2D eigenvalue weighted by molar-refractivity contribution is -0.137. The van der Waals surface area contributed by atoms with Gasteiger partial charge < -0.3 is 14.2 Å². The van der Waals surface area contributed by atoms with Gasteiger partial charge in [0.25, 0.3) is 0 Å². The van der Waals surface area contributed by atoms with Crippen LogP contribution in [0.4, 0.5) is 0 Å². The van der Waals surface area contributed by atoms with Crippen LogP contribution in [-0.4, -0.2) is 30.9 Å². The van der Waals surface area contributed by atoms with Crippen molar-refractivity contribution in [2.75, 3.05) is 13.2 Å². The van der Waals surface area contributed by atoms with Gasteiger partial charge in [0, 0.05) is 19.1 Å². The molecule has 1 aliphatic heterocycles. The van der Waals surface area contributed by atoms with Crippen molar-refractivity contribution in [2.45, 2.75) is 45.0 Å². The van der Waals surface area contributed by atoms with Crippen molar-refractivity contribution in [1.82, 2.24) is 0 Å². The quantitative estimate of drug-likeness (QED) is 0.304. The Bertz CT molecular complexity index is 497. The molecule has 2 rings (SSSR count). The van der Waals surface area contributed by atoms with Crippen LogP contribution in [0.3, 0.4) is 0 Å². The number of rotatable bonds is 9. The SMILES string of the molecule is CCOC(=O)/C=C/[C@@]1(CC)O[C@@H]1CCOCc1ccccc1. The van der Waals surface area contributed by atoms with Crippen molar-refractivity contribution in [3.8, 4) is 0 Å². The Morgan fingerprint density at radius 2 is 2.09 bits per heavy atom. The Kier molecular flexibility index (Phi) is 6.16. The molecule has 0 aliphatic carbocycles. The first-order valence-electron chi connectivity index (χ1n) is 7.85. The highest BCUT2D eigenvalue weighted by Gasteiger charge is 2.52. The summed E-state index contributed by atoms with van der Waals surface area (Å²) in [6, 6.07) is 10.1. The molecule has 0 radical (unpaired) electrons. The predicted molar refractivity (Wildman–Crippen MR) is 84.4 cm³/mol. The van der Waals surface area contributed by atoms with Crippen LogP contribution in [0.1, 0.15) is 32.3 Å². The lowest BCUT2D eigenvalue weighted by Crippen LogP contribution is -2.13. The largest absolute Gasteiger partial charge is 0.463 e. The van der Waals surface area contributed by atoms with Gasteiger partial charge in [0.05, 0.1) is 19.3 Å². The molecule has 2 atom stereocenters. The van der Waals surface area contributed by atoms with Crippen LogP contribution in [0, 0.1) is 0 Å². The summed E-state index contributed by atoms with van der Waals surface area (Å²) in [6.45, 7) is 5.50. The number of carbonyl (C=O) groups is 1. The molecule has 1 aromatic carbocycles.